The Balaban J connectivity index is 1.28. The lowest BCUT2D eigenvalue weighted by Gasteiger charge is -2.38. The Morgan fingerprint density at radius 3 is 2.35 bits per heavy atom. The van der Waals surface area contributed by atoms with Gasteiger partial charge >= 0.3 is 12.3 Å². The van der Waals surface area contributed by atoms with E-state index in [2.05, 4.69) is 44.2 Å². The zero-order valence-corrected chi connectivity index (χ0v) is 28.8. The number of carbonyl (C=O) groups excluding carboxylic acids is 1. The van der Waals surface area contributed by atoms with Gasteiger partial charge in [-0.2, -0.15) is 18.2 Å². The molecule has 1 fully saturated rings. The lowest BCUT2D eigenvalue weighted by molar-refractivity contribution is -0.137. The van der Waals surface area contributed by atoms with Crippen LogP contribution < -0.4 is 15.5 Å². The first-order valence-corrected chi connectivity index (χ1v) is 16.3. The Bertz CT molecular complexity index is 1810. The quantitative estimate of drug-likeness (QED) is 0.190. The van der Waals surface area contributed by atoms with Crippen LogP contribution in [0.2, 0.25) is 10.0 Å². The average Bonchev–Trinajstić information content (AvgIpc) is 3.03. The number of aryl methyl sites for hydroxylation is 1. The number of anilines is 4. The third-order valence-electron chi connectivity index (χ3n) is 8.71. The number of amides is 1. The Morgan fingerprint density at radius 2 is 1.69 bits per heavy atom. The molecule has 0 unspecified atom stereocenters. The monoisotopic (exact) mass is 700 g/mol. The second kappa shape index (κ2) is 14.6. The van der Waals surface area contributed by atoms with Crippen molar-refractivity contribution in [2.45, 2.75) is 53.4 Å². The molecule has 0 atom stereocenters. The lowest BCUT2D eigenvalue weighted by atomic mass is 9.88. The smallest absolute Gasteiger partial charge is 0.417 e. The van der Waals surface area contributed by atoms with Crippen LogP contribution in [0.3, 0.4) is 0 Å². The summed E-state index contributed by atoms with van der Waals surface area (Å²) in [5.41, 5.74) is 3.48. The number of benzene rings is 3. The van der Waals surface area contributed by atoms with Crippen molar-refractivity contribution < 1.29 is 22.7 Å². The molecule has 5 rings (SSSR count). The number of aromatic nitrogens is 2. The number of rotatable bonds is 8. The molecule has 1 aliphatic heterocycles. The average molecular weight is 702 g/mol. The second-order valence-corrected chi connectivity index (χ2v) is 12.8. The molecule has 0 bridgehead atoms. The molecule has 0 spiro atoms. The molecule has 1 aliphatic rings. The van der Waals surface area contributed by atoms with E-state index in [1.807, 2.05) is 26.0 Å². The minimum absolute atomic E-state index is 0.0412. The molecule has 254 valence electrons. The number of piperazine rings is 1. The molecule has 48 heavy (non-hydrogen) atoms. The number of nitrogens with zero attached hydrogens (tertiary/aromatic N) is 4. The Hall–Kier alpha value is -4.06. The predicted octanol–water partition coefficient (Wildman–Crippen LogP) is 9.42. The van der Waals surface area contributed by atoms with Crippen LogP contribution in [-0.2, 0) is 17.5 Å². The minimum Gasteiger partial charge on any atom is -0.444 e. The van der Waals surface area contributed by atoms with Crippen molar-refractivity contribution in [1.29, 1.82) is 0 Å². The van der Waals surface area contributed by atoms with E-state index in [0.29, 0.717) is 27.9 Å². The van der Waals surface area contributed by atoms with E-state index < -0.39 is 24.4 Å². The number of carbonyl (C=O) groups is 1. The summed E-state index contributed by atoms with van der Waals surface area (Å²) in [5, 5.41) is 6.22. The van der Waals surface area contributed by atoms with Crippen molar-refractivity contribution in [3.05, 3.63) is 92.6 Å². The molecule has 2 N–H and O–H groups in total. The zero-order chi connectivity index (χ0) is 34.7. The van der Waals surface area contributed by atoms with E-state index in [1.54, 1.807) is 25.1 Å². The fraction of sp³-hybridized carbons (Fsp3) is 0.343. The fourth-order valence-corrected chi connectivity index (χ4v) is 6.26. The van der Waals surface area contributed by atoms with Gasteiger partial charge in [0.25, 0.3) is 0 Å². The van der Waals surface area contributed by atoms with E-state index in [1.165, 1.54) is 12.3 Å². The number of halogens is 5. The number of hydrogen-bond donors (Lipinski definition) is 2. The fourth-order valence-electron chi connectivity index (χ4n) is 5.75. The second-order valence-electron chi connectivity index (χ2n) is 12.0. The molecule has 13 heteroatoms. The van der Waals surface area contributed by atoms with Crippen LogP contribution in [-0.4, -0.2) is 53.2 Å². The molecular weight excluding hydrogens is 664 g/mol. The van der Waals surface area contributed by atoms with E-state index >= 15 is 0 Å². The third-order valence-corrected chi connectivity index (χ3v) is 9.37. The summed E-state index contributed by atoms with van der Waals surface area (Å²) in [6.45, 7) is 13.1. The highest BCUT2D eigenvalue weighted by atomic mass is 35.5. The molecule has 3 aromatic carbocycles. The Kier molecular flexibility index (Phi) is 10.7. The van der Waals surface area contributed by atoms with Gasteiger partial charge in [0.15, 0.2) is 0 Å². The van der Waals surface area contributed by atoms with Crippen LogP contribution in [0.5, 0.6) is 0 Å². The Labute approximate surface area is 288 Å². The largest absolute Gasteiger partial charge is 0.444 e. The summed E-state index contributed by atoms with van der Waals surface area (Å²) in [6.07, 6.45) is -4.15. The van der Waals surface area contributed by atoms with E-state index in [-0.39, 0.29) is 27.9 Å². The molecule has 1 amide bonds. The minimum atomic E-state index is -4.67. The summed E-state index contributed by atoms with van der Waals surface area (Å²) in [6, 6.07) is 13.1. The summed E-state index contributed by atoms with van der Waals surface area (Å²) in [4.78, 5) is 26.1. The van der Waals surface area contributed by atoms with Crippen molar-refractivity contribution >= 4 is 52.4 Å². The number of ether oxygens (including phenoxy) is 1. The number of hydrogen-bond acceptors (Lipinski definition) is 7. The summed E-state index contributed by atoms with van der Waals surface area (Å²) < 4.78 is 48.0. The third kappa shape index (κ3) is 7.97. The molecule has 0 radical (unpaired) electrons. The molecule has 1 aromatic heterocycles. The molecule has 8 nitrogen and oxygen atoms in total. The van der Waals surface area contributed by atoms with Crippen molar-refractivity contribution in [2.24, 2.45) is 0 Å². The van der Waals surface area contributed by atoms with Crippen molar-refractivity contribution in [2.75, 3.05) is 41.7 Å². The highest BCUT2D eigenvalue weighted by molar-refractivity contribution is 6.33. The van der Waals surface area contributed by atoms with Gasteiger partial charge in [0.05, 0.1) is 16.3 Å². The molecular formula is C35H37Cl2F3N6O2. The van der Waals surface area contributed by atoms with Crippen LogP contribution in [0.15, 0.2) is 54.7 Å². The lowest BCUT2D eigenvalue weighted by Crippen LogP contribution is -2.49. The SMILES string of the molecule is Cc1ccc(-c2c(C(F)(F)F)ccc(Cl)c2COC(=O)Nc2ccnc(Nc3ccc(N4CCN(C(C)C)CC4)c(Cl)c3)n2)c(C)c1C. The van der Waals surface area contributed by atoms with Gasteiger partial charge in [-0.25, -0.2) is 9.78 Å². The first-order valence-electron chi connectivity index (χ1n) is 15.5. The normalized spacial score (nSPS) is 13.9. The number of nitrogens with one attached hydrogen (secondary N) is 2. The summed E-state index contributed by atoms with van der Waals surface area (Å²) in [7, 11) is 0. The Morgan fingerprint density at radius 1 is 0.958 bits per heavy atom. The predicted molar refractivity (Wildman–Crippen MR) is 186 cm³/mol. The van der Waals surface area contributed by atoms with Crippen LogP contribution >= 0.6 is 23.2 Å². The van der Waals surface area contributed by atoms with Gasteiger partial charge in [-0.1, -0.05) is 35.3 Å². The van der Waals surface area contributed by atoms with Gasteiger partial charge in [-0.3, -0.25) is 10.2 Å². The van der Waals surface area contributed by atoms with Crippen LogP contribution in [0.1, 0.15) is 41.7 Å². The zero-order valence-electron chi connectivity index (χ0n) is 27.3. The molecule has 0 saturated carbocycles. The topological polar surface area (TPSA) is 82.6 Å². The standard InChI is InChI=1S/C35H37Cl2F3N6O2/c1-20(2)45-14-16-46(17-15-45)30-11-7-24(18-29(30)37)42-33-41-13-12-31(43-33)44-34(47)48-19-26-28(36)10-9-27(35(38,39)40)32(26)25-8-6-21(3)22(4)23(25)5/h6-13,18,20H,14-17,19H2,1-5H3,(H2,41,42,43,44,47). The van der Waals surface area contributed by atoms with E-state index in [0.717, 1.165) is 55.1 Å². The van der Waals surface area contributed by atoms with Gasteiger partial charge < -0.3 is 15.0 Å². The van der Waals surface area contributed by atoms with Crippen molar-refractivity contribution in [3.8, 4) is 11.1 Å². The first kappa shape index (κ1) is 35.3. The molecule has 4 aromatic rings. The molecule has 0 aliphatic carbocycles. The molecule has 1 saturated heterocycles. The summed E-state index contributed by atoms with van der Waals surface area (Å²) in [5.74, 6) is 0.305. The van der Waals surface area contributed by atoms with E-state index in [4.69, 9.17) is 27.9 Å². The van der Waals surface area contributed by atoms with Gasteiger partial charge in [-0.05, 0) is 93.3 Å². The van der Waals surface area contributed by atoms with Crippen molar-refractivity contribution in [1.82, 2.24) is 14.9 Å². The van der Waals surface area contributed by atoms with Gasteiger partial charge in [0.2, 0.25) is 5.95 Å². The van der Waals surface area contributed by atoms with Gasteiger partial charge in [-0.15, -0.1) is 0 Å². The van der Waals surface area contributed by atoms with Gasteiger partial charge in [0.1, 0.15) is 12.4 Å². The highest BCUT2D eigenvalue weighted by Gasteiger charge is 2.36. The van der Waals surface area contributed by atoms with Crippen molar-refractivity contribution in [3.63, 3.8) is 0 Å². The maximum absolute atomic E-state index is 14.2. The maximum Gasteiger partial charge on any atom is 0.417 e. The highest BCUT2D eigenvalue weighted by Crippen LogP contribution is 2.43. The van der Waals surface area contributed by atoms with Crippen LogP contribution in [0.25, 0.3) is 11.1 Å². The van der Waals surface area contributed by atoms with E-state index in [9.17, 15) is 18.0 Å². The number of alkyl halides is 3. The summed E-state index contributed by atoms with van der Waals surface area (Å²) >= 11 is 13.1. The van der Waals surface area contributed by atoms with Crippen LogP contribution in [0, 0.1) is 20.8 Å². The van der Waals surface area contributed by atoms with Crippen LogP contribution in [0.4, 0.5) is 41.1 Å². The maximum atomic E-state index is 14.2. The molecule has 2 heterocycles. The van der Waals surface area contributed by atoms with Gasteiger partial charge in [0, 0.05) is 60.3 Å². The first-order chi connectivity index (χ1) is 22.7.